The highest BCUT2D eigenvalue weighted by Gasteiger charge is 2.39. The molecule has 0 heterocycles. The first-order chi connectivity index (χ1) is 28.8. The van der Waals surface area contributed by atoms with Gasteiger partial charge in [-0.2, -0.15) is 0 Å². The molecule has 9 aromatic rings. The SMILES string of the molecule is CC1(C)c2ccccc2-c2ccc(-c3ccc(N(c4ccccc4-c4ccccc4)c4ccccc4-c4cccc5c4-c4c(ccc6ccccc46)C5(C)C)cc3)cc21. The Morgan fingerprint density at radius 2 is 0.881 bits per heavy atom. The van der Waals surface area contributed by atoms with Gasteiger partial charge in [-0.15, -0.1) is 0 Å². The minimum absolute atomic E-state index is 0.0524. The summed E-state index contributed by atoms with van der Waals surface area (Å²) in [5.41, 5.74) is 21.4. The van der Waals surface area contributed by atoms with Gasteiger partial charge >= 0.3 is 0 Å². The van der Waals surface area contributed by atoms with Crippen molar-refractivity contribution in [2.45, 2.75) is 38.5 Å². The Kier molecular flexibility index (Phi) is 7.94. The molecule has 282 valence electrons. The van der Waals surface area contributed by atoms with Crippen LogP contribution >= 0.6 is 0 Å². The Balaban J connectivity index is 1.10. The predicted octanol–water partition coefficient (Wildman–Crippen LogP) is 15.9. The maximum atomic E-state index is 2.48. The second-order valence-corrected chi connectivity index (χ2v) is 17.3. The van der Waals surface area contributed by atoms with Gasteiger partial charge in [-0.25, -0.2) is 0 Å². The van der Waals surface area contributed by atoms with Crippen LogP contribution in [0, 0.1) is 0 Å². The lowest BCUT2D eigenvalue weighted by Crippen LogP contribution is -2.15. The van der Waals surface area contributed by atoms with Crippen molar-refractivity contribution in [3.8, 4) is 55.6 Å². The Hall–Kier alpha value is -6.96. The van der Waals surface area contributed by atoms with Crippen LogP contribution in [0.2, 0.25) is 0 Å². The van der Waals surface area contributed by atoms with Crippen molar-refractivity contribution in [3.05, 3.63) is 222 Å². The lowest BCUT2D eigenvalue weighted by molar-refractivity contribution is 0.660. The van der Waals surface area contributed by atoms with E-state index in [4.69, 9.17) is 0 Å². The highest BCUT2D eigenvalue weighted by molar-refractivity contribution is 6.08. The summed E-state index contributed by atoms with van der Waals surface area (Å²) >= 11 is 0. The molecule has 0 unspecified atom stereocenters. The number of anilines is 3. The number of rotatable bonds is 6. The topological polar surface area (TPSA) is 3.24 Å². The second-order valence-electron chi connectivity index (χ2n) is 17.3. The van der Waals surface area contributed by atoms with Crippen LogP contribution in [0.3, 0.4) is 0 Å². The van der Waals surface area contributed by atoms with Gasteiger partial charge in [0.2, 0.25) is 0 Å². The van der Waals surface area contributed by atoms with Crippen LogP contribution in [-0.2, 0) is 10.8 Å². The molecule has 1 heteroatoms. The average Bonchev–Trinajstić information content (AvgIpc) is 3.67. The highest BCUT2D eigenvalue weighted by Crippen LogP contribution is 2.56. The lowest BCUT2D eigenvalue weighted by Gasteiger charge is -2.30. The standard InChI is InChI=1S/C58H45N/c1-57(2)49-25-13-10-22-45(49)46-35-31-41(37-52(46)57)38-29-33-42(34-30-38)59(53-27-14-11-20-43(53)39-17-6-5-7-18-39)54-28-15-12-23-47(54)48-24-16-26-50-56(48)55-44-21-9-8-19-40(44)32-36-51(55)58(50,3)4/h5-37H,1-4H3. The molecule has 0 saturated carbocycles. The van der Waals surface area contributed by atoms with E-state index >= 15 is 0 Å². The van der Waals surface area contributed by atoms with Crippen LogP contribution in [0.25, 0.3) is 66.4 Å². The number of nitrogens with zero attached hydrogens (tertiary/aromatic N) is 1. The van der Waals surface area contributed by atoms with Crippen molar-refractivity contribution < 1.29 is 0 Å². The molecule has 0 fully saturated rings. The van der Waals surface area contributed by atoms with Crippen molar-refractivity contribution in [1.29, 1.82) is 0 Å². The van der Waals surface area contributed by atoms with Crippen LogP contribution in [0.15, 0.2) is 200 Å². The largest absolute Gasteiger partial charge is 0.309 e. The molecule has 0 saturated heterocycles. The minimum atomic E-state index is -0.134. The maximum absolute atomic E-state index is 2.48. The van der Waals surface area contributed by atoms with Gasteiger partial charge in [-0.05, 0) is 108 Å². The molecule has 0 N–H and O–H groups in total. The average molecular weight is 756 g/mol. The van der Waals surface area contributed by atoms with Crippen LogP contribution in [0.4, 0.5) is 17.1 Å². The first kappa shape index (κ1) is 35.2. The van der Waals surface area contributed by atoms with Gasteiger partial charge in [0.15, 0.2) is 0 Å². The molecule has 0 spiro atoms. The van der Waals surface area contributed by atoms with E-state index in [9.17, 15) is 0 Å². The van der Waals surface area contributed by atoms with Gasteiger partial charge in [-0.3, -0.25) is 0 Å². The van der Waals surface area contributed by atoms with Crippen LogP contribution in [-0.4, -0.2) is 0 Å². The molecule has 0 atom stereocenters. The third-order valence-electron chi connectivity index (χ3n) is 13.3. The van der Waals surface area contributed by atoms with E-state index in [2.05, 4.69) is 233 Å². The first-order valence-corrected chi connectivity index (χ1v) is 20.9. The zero-order valence-electron chi connectivity index (χ0n) is 34.0. The third kappa shape index (κ3) is 5.38. The zero-order chi connectivity index (χ0) is 39.9. The van der Waals surface area contributed by atoms with E-state index in [1.165, 1.54) is 88.7 Å². The van der Waals surface area contributed by atoms with Crippen molar-refractivity contribution in [1.82, 2.24) is 0 Å². The summed E-state index contributed by atoms with van der Waals surface area (Å²) in [6, 6.07) is 74.2. The molecular weight excluding hydrogens is 711 g/mol. The molecule has 11 rings (SSSR count). The molecule has 59 heavy (non-hydrogen) atoms. The third-order valence-corrected chi connectivity index (χ3v) is 13.3. The van der Waals surface area contributed by atoms with Gasteiger partial charge < -0.3 is 4.90 Å². The smallest absolute Gasteiger partial charge is 0.0540 e. The molecule has 9 aromatic carbocycles. The van der Waals surface area contributed by atoms with Crippen molar-refractivity contribution >= 4 is 27.8 Å². The number of benzene rings is 9. The molecule has 0 radical (unpaired) electrons. The monoisotopic (exact) mass is 755 g/mol. The molecular formula is C58H45N. The molecule has 2 aliphatic carbocycles. The van der Waals surface area contributed by atoms with E-state index in [-0.39, 0.29) is 10.8 Å². The summed E-state index contributed by atoms with van der Waals surface area (Å²) in [5, 5.41) is 2.58. The summed E-state index contributed by atoms with van der Waals surface area (Å²) in [6.07, 6.45) is 0. The molecule has 0 amide bonds. The number of para-hydroxylation sites is 2. The molecule has 1 nitrogen and oxygen atoms in total. The van der Waals surface area contributed by atoms with E-state index in [1.807, 2.05) is 0 Å². The molecule has 2 aliphatic rings. The highest BCUT2D eigenvalue weighted by atomic mass is 15.1. The summed E-state index contributed by atoms with van der Waals surface area (Å²) in [6.45, 7) is 9.47. The normalized spacial score (nSPS) is 14.0. The summed E-state index contributed by atoms with van der Waals surface area (Å²) in [4.78, 5) is 2.48. The second kappa shape index (κ2) is 13.3. The van der Waals surface area contributed by atoms with Gasteiger partial charge in [0, 0.05) is 27.6 Å². The van der Waals surface area contributed by atoms with Gasteiger partial charge in [-0.1, -0.05) is 198 Å². The van der Waals surface area contributed by atoms with Crippen LogP contribution in [0.5, 0.6) is 0 Å². The maximum Gasteiger partial charge on any atom is 0.0540 e. The number of hydrogen-bond acceptors (Lipinski definition) is 1. The molecule has 0 bridgehead atoms. The Bertz CT molecular complexity index is 3090. The van der Waals surface area contributed by atoms with Crippen LogP contribution in [0.1, 0.15) is 49.9 Å². The van der Waals surface area contributed by atoms with Crippen LogP contribution < -0.4 is 4.90 Å². The fourth-order valence-corrected chi connectivity index (χ4v) is 10.3. The van der Waals surface area contributed by atoms with E-state index < -0.39 is 0 Å². The Labute approximate surface area is 347 Å². The lowest BCUT2D eigenvalue weighted by atomic mass is 9.81. The quantitative estimate of drug-likeness (QED) is 0.163. The van der Waals surface area contributed by atoms with E-state index in [0.717, 1.165) is 17.1 Å². The summed E-state index contributed by atoms with van der Waals surface area (Å²) < 4.78 is 0. The Morgan fingerprint density at radius 3 is 1.68 bits per heavy atom. The van der Waals surface area contributed by atoms with Crippen molar-refractivity contribution in [3.63, 3.8) is 0 Å². The Morgan fingerprint density at radius 1 is 0.322 bits per heavy atom. The fourth-order valence-electron chi connectivity index (χ4n) is 10.3. The number of hydrogen-bond donors (Lipinski definition) is 0. The summed E-state index contributed by atoms with van der Waals surface area (Å²) in [7, 11) is 0. The first-order valence-electron chi connectivity index (χ1n) is 20.9. The van der Waals surface area contributed by atoms with Gasteiger partial charge in [0.05, 0.1) is 11.4 Å². The minimum Gasteiger partial charge on any atom is -0.309 e. The van der Waals surface area contributed by atoms with Gasteiger partial charge in [0.25, 0.3) is 0 Å². The van der Waals surface area contributed by atoms with E-state index in [1.54, 1.807) is 0 Å². The van der Waals surface area contributed by atoms with Gasteiger partial charge in [0.1, 0.15) is 0 Å². The number of fused-ring (bicyclic) bond motifs is 8. The van der Waals surface area contributed by atoms with E-state index in [0.29, 0.717) is 0 Å². The van der Waals surface area contributed by atoms with Crippen molar-refractivity contribution in [2.24, 2.45) is 0 Å². The molecule has 0 aliphatic heterocycles. The van der Waals surface area contributed by atoms with Crippen molar-refractivity contribution in [2.75, 3.05) is 4.90 Å². The molecule has 0 aromatic heterocycles. The summed E-state index contributed by atoms with van der Waals surface area (Å²) in [5.74, 6) is 0. The zero-order valence-corrected chi connectivity index (χ0v) is 34.0. The predicted molar refractivity (Wildman–Crippen MR) is 250 cm³/mol. The fraction of sp³-hybridized carbons (Fsp3) is 0.103.